The maximum atomic E-state index is 12.0. The van der Waals surface area contributed by atoms with Crippen molar-refractivity contribution in [2.75, 3.05) is 20.1 Å². The van der Waals surface area contributed by atoms with E-state index in [1.807, 2.05) is 19.2 Å². The molecule has 2 heterocycles. The quantitative estimate of drug-likeness (QED) is 0.847. The second-order valence-electron chi connectivity index (χ2n) is 5.46. The number of likely N-dealkylation sites (N-methyl/N-ethyl adjacent to an activating group) is 1. The van der Waals surface area contributed by atoms with Crippen LogP contribution in [0, 0.1) is 0 Å². The van der Waals surface area contributed by atoms with Crippen LogP contribution in [-0.2, 0) is 11.3 Å². The van der Waals surface area contributed by atoms with Crippen molar-refractivity contribution in [1.29, 1.82) is 0 Å². The smallest absolute Gasteiger partial charge is 0.324 e. The first-order valence-electron chi connectivity index (χ1n) is 6.36. The minimum absolute atomic E-state index is 0.171. The Bertz CT molecular complexity index is 529. The van der Waals surface area contributed by atoms with Gasteiger partial charge >= 0.3 is 6.03 Å². The molecule has 0 unspecified atom stereocenters. The van der Waals surface area contributed by atoms with E-state index < -0.39 is 5.54 Å². The Morgan fingerprint density at radius 2 is 2.10 bits per heavy atom. The molecule has 1 aliphatic rings. The molecule has 5 nitrogen and oxygen atoms in total. The normalized spacial score (nSPS) is 17.9. The van der Waals surface area contributed by atoms with Crippen LogP contribution >= 0.6 is 22.9 Å². The predicted octanol–water partition coefficient (Wildman–Crippen LogP) is 2.16. The molecule has 0 spiro atoms. The van der Waals surface area contributed by atoms with Crippen molar-refractivity contribution in [3.05, 3.63) is 21.3 Å². The predicted molar refractivity (Wildman–Crippen MR) is 80.0 cm³/mol. The van der Waals surface area contributed by atoms with Crippen molar-refractivity contribution in [2.45, 2.75) is 25.9 Å². The van der Waals surface area contributed by atoms with E-state index in [2.05, 4.69) is 10.2 Å². The number of thiophene rings is 1. The summed E-state index contributed by atoms with van der Waals surface area (Å²) in [6, 6.07) is 3.54. The van der Waals surface area contributed by atoms with Gasteiger partial charge in [-0.05, 0) is 33.0 Å². The first kappa shape index (κ1) is 15.3. The van der Waals surface area contributed by atoms with Crippen LogP contribution in [0.3, 0.4) is 0 Å². The Kier molecular flexibility index (Phi) is 4.36. The van der Waals surface area contributed by atoms with Gasteiger partial charge in [0.1, 0.15) is 5.54 Å². The standard InChI is InChI=1S/C13H18ClN3O2S/c1-13(2)11(18)17(12(19)15-13)7-6-16(3)8-9-4-5-10(14)20-9/h4-5H,6-8H2,1-3H3,(H,15,19). The van der Waals surface area contributed by atoms with Gasteiger partial charge in [0.25, 0.3) is 5.91 Å². The lowest BCUT2D eigenvalue weighted by Crippen LogP contribution is -2.41. The summed E-state index contributed by atoms with van der Waals surface area (Å²) in [7, 11) is 1.96. The zero-order valence-corrected chi connectivity index (χ0v) is 13.3. The summed E-state index contributed by atoms with van der Waals surface area (Å²) in [5.41, 5.74) is -0.795. The number of urea groups is 1. The van der Waals surface area contributed by atoms with Crippen molar-refractivity contribution in [3.63, 3.8) is 0 Å². The molecule has 0 aliphatic carbocycles. The summed E-state index contributed by atoms with van der Waals surface area (Å²) >= 11 is 7.43. The molecule has 1 aliphatic heterocycles. The van der Waals surface area contributed by atoms with Gasteiger partial charge in [0.2, 0.25) is 0 Å². The first-order valence-corrected chi connectivity index (χ1v) is 7.56. The van der Waals surface area contributed by atoms with E-state index in [9.17, 15) is 9.59 Å². The number of rotatable bonds is 5. The molecule has 0 radical (unpaired) electrons. The largest absolute Gasteiger partial charge is 0.325 e. The van der Waals surface area contributed by atoms with Crippen molar-refractivity contribution < 1.29 is 9.59 Å². The topological polar surface area (TPSA) is 52.6 Å². The van der Waals surface area contributed by atoms with Crippen LogP contribution in [0.5, 0.6) is 0 Å². The maximum Gasteiger partial charge on any atom is 0.325 e. The van der Waals surface area contributed by atoms with Gasteiger partial charge in [0.15, 0.2) is 0 Å². The SMILES string of the molecule is CN(CCN1C(=O)NC(C)(C)C1=O)Cc1ccc(Cl)s1. The number of carbonyl (C=O) groups excluding carboxylic acids is 2. The molecule has 3 amide bonds. The van der Waals surface area contributed by atoms with Crippen molar-refractivity contribution >= 4 is 34.9 Å². The fourth-order valence-electron chi connectivity index (χ4n) is 2.07. The number of imide groups is 1. The second-order valence-corrected chi connectivity index (χ2v) is 7.26. The highest BCUT2D eigenvalue weighted by Gasteiger charge is 2.43. The van der Waals surface area contributed by atoms with E-state index in [0.29, 0.717) is 13.1 Å². The van der Waals surface area contributed by atoms with Gasteiger partial charge in [-0.3, -0.25) is 14.6 Å². The molecule has 1 N–H and O–H groups in total. The van der Waals surface area contributed by atoms with Crippen molar-refractivity contribution in [3.8, 4) is 0 Å². The summed E-state index contributed by atoms with van der Waals surface area (Å²) in [4.78, 5) is 28.3. The number of hydrogen-bond acceptors (Lipinski definition) is 4. The number of nitrogens with zero attached hydrogens (tertiary/aromatic N) is 2. The molecule has 1 saturated heterocycles. The molecule has 0 saturated carbocycles. The van der Waals surface area contributed by atoms with E-state index >= 15 is 0 Å². The summed E-state index contributed by atoms with van der Waals surface area (Å²) in [5, 5.41) is 2.67. The third-order valence-corrected chi connectivity index (χ3v) is 4.42. The second kappa shape index (κ2) is 5.71. The minimum atomic E-state index is -0.795. The van der Waals surface area contributed by atoms with Gasteiger partial charge in [-0.15, -0.1) is 11.3 Å². The molecule has 0 bridgehead atoms. The Balaban J connectivity index is 1.86. The van der Waals surface area contributed by atoms with E-state index in [0.717, 1.165) is 15.8 Å². The van der Waals surface area contributed by atoms with E-state index in [-0.39, 0.29) is 11.9 Å². The fraction of sp³-hybridized carbons (Fsp3) is 0.538. The van der Waals surface area contributed by atoms with Crippen molar-refractivity contribution in [2.24, 2.45) is 0 Å². The van der Waals surface area contributed by atoms with Gasteiger partial charge < -0.3 is 5.32 Å². The summed E-state index contributed by atoms with van der Waals surface area (Å²) < 4.78 is 0.768. The Labute approximate surface area is 127 Å². The Morgan fingerprint density at radius 1 is 1.40 bits per heavy atom. The van der Waals surface area contributed by atoms with Crippen LogP contribution in [-0.4, -0.2) is 47.4 Å². The number of halogens is 1. The zero-order chi connectivity index (χ0) is 14.9. The highest BCUT2D eigenvalue weighted by Crippen LogP contribution is 2.22. The fourth-order valence-corrected chi connectivity index (χ4v) is 3.24. The van der Waals surface area contributed by atoms with Gasteiger partial charge in [0, 0.05) is 24.5 Å². The van der Waals surface area contributed by atoms with E-state index in [1.165, 1.54) is 16.2 Å². The molecular formula is C13H18ClN3O2S. The van der Waals surface area contributed by atoms with E-state index in [4.69, 9.17) is 11.6 Å². The lowest BCUT2D eigenvalue weighted by molar-refractivity contribution is -0.130. The summed E-state index contributed by atoms with van der Waals surface area (Å²) in [6.07, 6.45) is 0. The zero-order valence-electron chi connectivity index (χ0n) is 11.8. The molecule has 110 valence electrons. The molecule has 1 aromatic heterocycles. The molecule has 0 atom stereocenters. The third kappa shape index (κ3) is 3.31. The molecule has 20 heavy (non-hydrogen) atoms. The number of hydrogen-bond donors (Lipinski definition) is 1. The van der Waals surface area contributed by atoms with Gasteiger partial charge in [0.05, 0.1) is 4.34 Å². The van der Waals surface area contributed by atoms with Crippen LogP contribution < -0.4 is 5.32 Å². The van der Waals surface area contributed by atoms with Crippen LogP contribution in [0.1, 0.15) is 18.7 Å². The minimum Gasteiger partial charge on any atom is -0.324 e. The average molecular weight is 316 g/mol. The summed E-state index contributed by atoms with van der Waals surface area (Å²) in [6.45, 7) is 5.20. The molecule has 0 aromatic carbocycles. The van der Waals surface area contributed by atoms with Crippen molar-refractivity contribution in [1.82, 2.24) is 15.1 Å². The molecular weight excluding hydrogens is 298 g/mol. The number of nitrogens with one attached hydrogen (secondary N) is 1. The van der Waals surface area contributed by atoms with Gasteiger partial charge in [-0.25, -0.2) is 4.79 Å². The van der Waals surface area contributed by atoms with Crippen LogP contribution in [0.2, 0.25) is 4.34 Å². The van der Waals surface area contributed by atoms with E-state index in [1.54, 1.807) is 13.8 Å². The Hall–Kier alpha value is -1.11. The van der Waals surface area contributed by atoms with Crippen LogP contribution in [0.25, 0.3) is 0 Å². The molecule has 1 fully saturated rings. The lowest BCUT2D eigenvalue weighted by atomic mass is 10.1. The Morgan fingerprint density at radius 3 is 2.60 bits per heavy atom. The summed E-state index contributed by atoms with van der Waals surface area (Å²) in [5.74, 6) is -0.171. The lowest BCUT2D eigenvalue weighted by Gasteiger charge is -2.20. The third-order valence-electron chi connectivity index (χ3n) is 3.20. The van der Waals surface area contributed by atoms with Gasteiger partial charge in [-0.1, -0.05) is 11.6 Å². The monoisotopic (exact) mass is 315 g/mol. The molecule has 7 heteroatoms. The molecule has 1 aromatic rings. The average Bonchev–Trinajstić information content (AvgIpc) is 2.81. The highest BCUT2D eigenvalue weighted by molar-refractivity contribution is 7.16. The van der Waals surface area contributed by atoms with Gasteiger partial charge in [-0.2, -0.15) is 0 Å². The van der Waals surface area contributed by atoms with Crippen LogP contribution in [0.15, 0.2) is 12.1 Å². The highest BCUT2D eigenvalue weighted by atomic mass is 35.5. The maximum absolute atomic E-state index is 12.0. The first-order chi connectivity index (χ1) is 9.29. The number of carbonyl (C=O) groups is 2. The number of amides is 3. The molecule has 2 rings (SSSR count). The van der Waals surface area contributed by atoms with Crippen LogP contribution in [0.4, 0.5) is 4.79 Å².